The van der Waals surface area contributed by atoms with Crippen LogP contribution in [0, 0.1) is 5.82 Å². The van der Waals surface area contributed by atoms with E-state index >= 15 is 0 Å². The molecule has 2 aromatic carbocycles. The third-order valence-electron chi connectivity index (χ3n) is 4.10. The lowest BCUT2D eigenvalue weighted by Crippen LogP contribution is -2.28. The highest BCUT2D eigenvalue weighted by Crippen LogP contribution is 2.29. The van der Waals surface area contributed by atoms with Crippen molar-refractivity contribution in [3.05, 3.63) is 59.9 Å². The molecule has 0 saturated carbocycles. The smallest absolute Gasteiger partial charge is 0.233 e. The van der Waals surface area contributed by atoms with Gasteiger partial charge in [-0.3, -0.25) is 4.79 Å². The van der Waals surface area contributed by atoms with Gasteiger partial charge < -0.3 is 15.5 Å². The highest BCUT2D eigenvalue weighted by atomic mass is 32.2. The number of carbonyl (C=O) groups excluding carboxylic acids is 1. The van der Waals surface area contributed by atoms with E-state index in [1.807, 2.05) is 24.3 Å². The summed E-state index contributed by atoms with van der Waals surface area (Å²) in [5.41, 5.74) is 1.56. The van der Waals surface area contributed by atoms with Crippen molar-refractivity contribution in [3.63, 3.8) is 0 Å². The molecule has 0 spiro atoms. The van der Waals surface area contributed by atoms with Crippen LogP contribution in [0.4, 0.5) is 4.39 Å². The minimum atomic E-state index is -0.304. The van der Waals surface area contributed by atoms with Crippen LogP contribution in [0.3, 0.4) is 0 Å². The van der Waals surface area contributed by atoms with Crippen molar-refractivity contribution >= 4 is 17.7 Å². The lowest BCUT2D eigenvalue weighted by molar-refractivity contribution is -0.127. The van der Waals surface area contributed by atoms with E-state index < -0.39 is 0 Å². The van der Waals surface area contributed by atoms with Gasteiger partial charge >= 0.3 is 0 Å². The molecular formula is C19H20FN5O2S. The number of para-hydroxylation sites is 1. The first kappa shape index (κ1) is 19.7. The summed E-state index contributed by atoms with van der Waals surface area (Å²) in [6, 6.07) is 13.4. The number of nitrogens with two attached hydrogens (primary N) is 1. The first-order valence-electron chi connectivity index (χ1n) is 8.44. The van der Waals surface area contributed by atoms with E-state index in [4.69, 9.17) is 10.6 Å². The van der Waals surface area contributed by atoms with Gasteiger partial charge in [0.25, 0.3) is 0 Å². The lowest BCUT2D eigenvalue weighted by atomic mass is 10.2. The second-order valence-corrected chi connectivity index (χ2v) is 6.98. The second-order valence-electron chi connectivity index (χ2n) is 6.04. The number of rotatable bonds is 7. The zero-order chi connectivity index (χ0) is 20.1. The summed E-state index contributed by atoms with van der Waals surface area (Å²) in [6.07, 6.45) is 0. The quantitative estimate of drug-likeness (QED) is 0.484. The van der Waals surface area contributed by atoms with Crippen molar-refractivity contribution < 1.29 is 13.9 Å². The molecule has 9 heteroatoms. The van der Waals surface area contributed by atoms with Gasteiger partial charge in [-0.1, -0.05) is 36.0 Å². The SMILES string of the molecule is COc1ccccc1-c1nnc(SCC(=O)N(C)Cc2ccc(F)cc2)n1N. The molecule has 2 N–H and O–H groups in total. The van der Waals surface area contributed by atoms with Crippen molar-refractivity contribution in [2.75, 3.05) is 25.8 Å². The van der Waals surface area contributed by atoms with E-state index in [-0.39, 0.29) is 17.5 Å². The fourth-order valence-electron chi connectivity index (χ4n) is 2.58. The third-order valence-corrected chi connectivity index (χ3v) is 5.02. The molecule has 3 rings (SSSR count). The molecule has 1 heterocycles. The Labute approximate surface area is 166 Å². The van der Waals surface area contributed by atoms with Crippen LogP contribution in [0.2, 0.25) is 0 Å². The lowest BCUT2D eigenvalue weighted by Gasteiger charge is -2.17. The minimum absolute atomic E-state index is 0.101. The van der Waals surface area contributed by atoms with Gasteiger partial charge in [0.1, 0.15) is 11.6 Å². The molecule has 0 atom stereocenters. The number of benzene rings is 2. The Kier molecular flexibility index (Phi) is 6.15. The zero-order valence-electron chi connectivity index (χ0n) is 15.5. The largest absolute Gasteiger partial charge is 0.496 e. The number of halogens is 1. The Morgan fingerprint density at radius 3 is 2.64 bits per heavy atom. The first-order valence-corrected chi connectivity index (χ1v) is 9.43. The van der Waals surface area contributed by atoms with E-state index in [0.29, 0.717) is 28.8 Å². The maximum atomic E-state index is 13.0. The van der Waals surface area contributed by atoms with E-state index in [1.54, 1.807) is 31.2 Å². The van der Waals surface area contributed by atoms with Gasteiger partial charge in [-0.05, 0) is 29.8 Å². The number of nitrogens with zero attached hydrogens (tertiary/aromatic N) is 4. The fourth-order valence-corrected chi connectivity index (χ4v) is 3.37. The molecule has 7 nitrogen and oxygen atoms in total. The van der Waals surface area contributed by atoms with Crippen LogP contribution in [0.5, 0.6) is 5.75 Å². The number of ether oxygens (including phenoxy) is 1. The number of carbonyl (C=O) groups is 1. The molecule has 1 aromatic heterocycles. The van der Waals surface area contributed by atoms with Gasteiger partial charge in [0.05, 0.1) is 18.4 Å². The van der Waals surface area contributed by atoms with Gasteiger partial charge in [-0.2, -0.15) is 0 Å². The number of hydrogen-bond donors (Lipinski definition) is 1. The molecule has 0 unspecified atom stereocenters. The Balaban J connectivity index is 1.64. The van der Waals surface area contributed by atoms with E-state index in [1.165, 1.54) is 28.6 Å². The number of hydrogen-bond acceptors (Lipinski definition) is 6. The van der Waals surface area contributed by atoms with Crippen LogP contribution in [-0.2, 0) is 11.3 Å². The van der Waals surface area contributed by atoms with Crippen LogP contribution in [0.25, 0.3) is 11.4 Å². The van der Waals surface area contributed by atoms with Crippen LogP contribution in [0.1, 0.15) is 5.56 Å². The zero-order valence-corrected chi connectivity index (χ0v) is 16.3. The standard InChI is InChI=1S/C19H20FN5O2S/c1-24(11-13-7-9-14(20)10-8-13)17(26)12-28-19-23-22-18(25(19)21)15-5-3-4-6-16(15)27-2/h3-10H,11-12,21H2,1-2H3. The summed E-state index contributed by atoms with van der Waals surface area (Å²) >= 11 is 1.20. The minimum Gasteiger partial charge on any atom is -0.496 e. The van der Waals surface area contributed by atoms with Gasteiger partial charge in [0.15, 0.2) is 5.82 Å². The average molecular weight is 401 g/mol. The maximum absolute atomic E-state index is 13.0. The summed E-state index contributed by atoms with van der Waals surface area (Å²) in [4.78, 5) is 14.0. The van der Waals surface area contributed by atoms with E-state index in [9.17, 15) is 9.18 Å². The van der Waals surface area contributed by atoms with Crippen molar-refractivity contribution in [2.24, 2.45) is 0 Å². The molecule has 0 saturated heterocycles. The summed E-state index contributed by atoms with van der Waals surface area (Å²) in [5, 5.41) is 8.62. The molecule has 28 heavy (non-hydrogen) atoms. The Morgan fingerprint density at radius 1 is 1.21 bits per heavy atom. The first-order chi connectivity index (χ1) is 13.5. The van der Waals surface area contributed by atoms with Gasteiger partial charge in [-0.25, -0.2) is 9.07 Å². The summed E-state index contributed by atoms with van der Waals surface area (Å²) in [5.74, 6) is 6.94. The van der Waals surface area contributed by atoms with Gasteiger partial charge in [0, 0.05) is 13.6 Å². The van der Waals surface area contributed by atoms with Gasteiger partial charge in [0.2, 0.25) is 11.1 Å². The van der Waals surface area contributed by atoms with Crippen molar-refractivity contribution in [1.29, 1.82) is 0 Å². The van der Waals surface area contributed by atoms with Crippen LogP contribution in [0.15, 0.2) is 53.7 Å². The fraction of sp³-hybridized carbons (Fsp3) is 0.211. The summed E-state index contributed by atoms with van der Waals surface area (Å²) < 4.78 is 19.7. The molecule has 0 aliphatic rings. The highest BCUT2D eigenvalue weighted by Gasteiger charge is 2.17. The molecule has 0 aliphatic carbocycles. The summed E-state index contributed by atoms with van der Waals surface area (Å²) in [7, 11) is 3.26. The number of aromatic nitrogens is 3. The van der Waals surface area contributed by atoms with Crippen molar-refractivity contribution in [3.8, 4) is 17.1 Å². The second kappa shape index (κ2) is 8.75. The number of amides is 1. The van der Waals surface area contributed by atoms with Gasteiger partial charge in [-0.15, -0.1) is 10.2 Å². The molecule has 0 radical (unpaired) electrons. The summed E-state index contributed by atoms with van der Waals surface area (Å²) in [6.45, 7) is 0.390. The molecular weight excluding hydrogens is 381 g/mol. The third kappa shape index (κ3) is 4.42. The van der Waals surface area contributed by atoms with Crippen molar-refractivity contribution in [1.82, 2.24) is 19.8 Å². The molecule has 146 valence electrons. The predicted molar refractivity (Wildman–Crippen MR) is 106 cm³/mol. The monoisotopic (exact) mass is 401 g/mol. The number of methoxy groups -OCH3 is 1. The van der Waals surface area contributed by atoms with Crippen LogP contribution in [-0.4, -0.2) is 45.6 Å². The average Bonchev–Trinajstić information content (AvgIpc) is 3.08. The highest BCUT2D eigenvalue weighted by molar-refractivity contribution is 7.99. The van der Waals surface area contributed by atoms with Crippen LogP contribution < -0.4 is 10.6 Å². The number of thioether (sulfide) groups is 1. The molecule has 3 aromatic rings. The number of nitrogen functional groups attached to an aromatic ring is 1. The normalized spacial score (nSPS) is 10.7. The molecule has 0 aliphatic heterocycles. The predicted octanol–water partition coefficient (Wildman–Crippen LogP) is 2.56. The van der Waals surface area contributed by atoms with Crippen LogP contribution >= 0.6 is 11.8 Å². The van der Waals surface area contributed by atoms with Crippen molar-refractivity contribution in [2.45, 2.75) is 11.7 Å². The topological polar surface area (TPSA) is 86.3 Å². The Hall–Kier alpha value is -3.07. The molecule has 1 amide bonds. The maximum Gasteiger partial charge on any atom is 0.233 e. The molecule has 0 fully saturated rings. The van der Waals surface area contributed by atoms with E-state index in [2.05, 4.69) is 10.2 Å². The Bertz CT molecular complexity index is 961. The van der Waals surface area contributed by atoms with E-state index in [0.717, 1.165) is 5.56 Å². The Morgan fingerprint density at radius 2 is 1.93 bits per heavy atom. The molecule has 0 bridgehead atoms.